The molecule has 2 N–H and O–H groups in total. The van der Waals surface area contributed by atoms with Crippen molar-refractivity contribution in [1.82, 2.24) is 15.6 Å². The summed E-state index contributed by atoms with van der Waals surface area (Å²) in [4.78, 5) is 10.1. The normalized spacial score (nSPS) is 13.6. The molecule has 0 saturated heterocycles. The highest BCUT2D eigenvalue weighted by atomic mass is 32.1. The van der Waals surface area contributed by atoms with Crippen molar-refractivity contribution in [2.24, 2.45) is 10.9 Å². The number of nitrogens with one attached hydrogen (secondary N) is 2. The molecule has 0 saturated carbocycles. The number of aliphatic imine (C=N–C) groups is 1. The molecule has 0 amide bonds. The highest BCUT2D eigenvalue weighted by molar-refractivity contribution is 7.09. The van der Waals surface area contributed by atoms with Crippen molar-refractivity contribution in [3.63, 3.8) is 0 Å². The quantitative estimate of drug-likeness (QED) is 0.599. The molecule has 1 heterocycles. The Morgan fingerprint density at radius 3 is 2.65 bits per heavy atom. The van der Waals surface area contributed by atoms with Crippen LogP contribution in [-0.4, -0.2) is 23.5 Å². The van der Waals surface area contributed by atoms with Gasteiger partial charge in [0, 0.05) is 17.5 Å². The van der Waals surface area contributed by atoms with Crippen molar-refractivity contribution in [3.05, 3.63) is 16.1 Å². The topological polar surface area (TPSA) is 49.3 Å². The van der Waals surface area contributed by atoms with E-state index in [4.69, 9.17) is 0 Å². The van der Waals surface area contributed by atoms with Gasteiger partial charge in [0.15, 0.2) is 5.96 Å². The van der Waals surface area contributed by atoms with Crippen LogP contribution in [0.2, 0.25) is 0 Å². The zero-order valence-electron chi connectivity index (χ0n) is 13.4. The zero-order chi connectivity index (χ0) is 15.0. The second-order valence-corrected chi connectivity index (χ2v) is 6.51. The van der Waals surface area contributed by atoms with E-state index >= 15 is 0 Å². The van der Waals surface area contributed by atoms with Gasteiger partial charge in [-0.1, -0.05) is 13.8 Å². The third kappa shape index (κ3) is 6.37. The van der Waals surface area contributed by atoms with Gasteiger partial charge in [-0.25, -0.2) is 9.98 Å². The first-order valence-corrected chi connectivity index (χ1v) is 8.34. The summed E-state index contributed by atoms with van der Waals surface area (Å²) in [6.07, 6.45) is 2.41. The molecule has 20 heavy (non-hydrogen) atoms. The Labute approximate surface area is 127 Å². The summed E-state index contributed by atoms with van der Waals surface area (Å²) in [6.45, 7) is 12.4. The summed E-state index contributed by atoms with van der Waals surface area (Å²) < 4.78 is 0. The van der Waals surface area contributed by atoms with Crippen LogP contribution < -0.4 is 10.6 Å². The maximum absolute atomic E-state index is 4.65. The Bertz CT molecular complexity index is 412. The molecule has 4 nitrogen and oxygen atoms in total. The van der Waals surface area contributed by atoms with Gasteiger partial charge in [0.05, 0.1) is 17.7 Å². The maximum atomic E-state index is 4.65. The van der Waals surface area contributed by atoms with Crippen LogP contribution in [-0.2, 0) is 6.54 Å². The molecule has 0 aromatic carbocycles. The Morgan fingerprint density at radius 2 is 2.10 bits per heavy atom. The summed E-state index contributed by atoms with van der Waals surface area (Å²) in [5.74, 6) is 1.65. The van der Waals surface area contributed by atoms with Crippen LogP contribution in [0.1, 0.15) is 51.1 Å². The number of aromatic nitrogens is 1. The summed E-state index contributed by atoms with van der Waals surface area (Å²) in [6, 6.07) is 0.442. The number of hydrogen-bond donors (Lipinski definition) is 2. The maximum Gasteiger partial charge on any atom is 0.191 e. The third-order valence-electron chi connectivity index (χ3n) is 3.13. The Balaban J connectivity index is 2.52. The highest BCUT2D eigenvalue weighted by Crippen LogP contribution is 2.13. The number of hydrogen-bond acceptors (Lipinski definition) is 3. The van der Waals surface area contributed by atoms with Crippen LogP contribution >= 0.6 is 11.3 Å². The fraction of sp³-hybridized carbons (Fsp3) is 0.733. The first kappa shape index (κ1) is 17.0. The molecule has 1 aromatic rings. The number of rotatable bonds is 7. The minimum Gasteiger partial charge on any atom is -0.357 e. The van der Waals surface area contributed by atoms with E-state index in [9.17, 15) is 0 Å². The molecule has 0 spiro atoms. The molecule has 0 radical (unpaired) electrons. The Hall–Kier alpha value is -1.10. The van der Waals surface area contributed by atoms with E-state index in [0.29, 0.717) is 12.6 Å². The molecule has 0 aliphatic heterocycles. The van der Waals surface area contributed by atoms with Gasteiger partial charge in [0.2, 0.25) is 0 Å². The zero-order valence-corrected chi connectivity index (χ0v) is 14.2. The minimum absolute atomic E-state index is 0.442. The van der Waals surface area contributed by atoms with E-state index in [-0.39, 0.29) is 0 Å². The second kappa shape index (κ2) is 8.95. The largest absolute Gasteiger partial charge is 0.357 e. The van der Waals surface area contributed by atoms with Crippen LogP contribution in [0.5, 0.6) is 0 Å². The molecule has 1 atom stereocenters. The first-order valence-electron chi connectivity index (χ1n) is 7.46. The van der Waals surface area contributed by atoms with Gasteiger partial charge in [-0.15, -0.1) is 11.3 Å². The van der Waals surface area contributed by atoms with E-state index in [0.717, 1.165) is 24.1 Å². The standard InChI is InChI=1S/C15H28N4S/c1-6-16-15(19-12(4)8-7-11(2)3)17-9-14-13(5)18-10-20-14/h10-12H,6-9H2,1-5H3,(H2,16,17,19). The number of aryl methyl sites for hydroxylation is 1. The summed E-state index contributed by atoms with van der Waals surface area (Å²) in [5, 5.41) is 6.78. The van der Waals surface area contributed by atoms with Gasteiger partial charge >= 0.3 is 0 Å². The molecule has 1 unspecified atom stereocenters. The lowest BCUT2D eigenvalue weighted by molar-refractivity contribution is 0.489. The van der Waals surface area contributed by atoms with E-state index in [1.54, 1.807) is 11.3 Å². The summed E-state index contributed by atoms with van der Waals surface area (Å²) in [5.41, 5.74) is 2.97. The SMILES string of the molecule is CCNC(=NCc1scnc1C)NC(C)CCC(C)C. The molecule has 1 rings (SSSR count). The fourth-order valence-electron chi connectivity index (χ4n) is 1.84. The fourth-order valence-corrected chi connectivity index (χ4v) is 2.54. The van der Waals surface area contributed by atoms with E-state index in [1.165, 1.54) is 17.7 Å². The molecule has 114 valence electrons. The van der Waals surface area contributed by atoms with Gasteiger partial charge in [-0.05, 0) is 39.5 Å². The van der Waals surface area contributed by atoms with Crippen LogP contribution in [0.4, 0.5) is 0 Å². The smallest absolute Gasteiger partial charge is 0.191 e. The van der Waals surface area contributed by atoms with Gasteiger partial charge in [-0.3, -0.25) is 0 Å². The highest BCUT2D eigenvalue weighted by Gasteiger charge is 2.07. The van der Waals surface area contributed by atoms with Gasteiger partial charge in [0.1, 0.15) is 0 Å². The summed E-state index contributed by atoms with van der Waals surface area (Å²) >= 11 is 1.67. The predicted octanol–water partition coefficient (Wildman–Crippen LogP) is 3.33. The van der Waals surface area contributed by atoms with Crippen molar-refractivity contribution in [2.75, 3.05) is 6.54 Å². The van der Waals surface area contributed by atoms with Crippen LogP contribution in [0, 0.1) is 12.8 Å². The van der Waals surface area contributed by atoms with Gasteiger partial charge < -0.3 is 10.6 Å². The predicted molar refractivity (Wildman–Crippen MR) is 88.3 cm³/mol. The molecular formula is C15H28N4S. The number of guanidine groups is 1. The van der Waals surface area contributed by atoms with Crippen molar-refractivity contribution < 1.29 is 0 Å². The van der Waals surface area contributed by atoms with Crippen molar-refractivity contribution >= 4 is 17.3 Å². The average molecular weight is 296 g/mol. The molecule has 0 aliphatic carbocycles. The molecule has 5 heteroatoms. The van der Waals surface area contributed by atoms with Crippen molar-refractivity contribution in [2.45, 2.75) is 60.0 Å². The molecule has 0 bridgehead atoms. The van der Waals surface area contributed by atoms with E-state index in [1.807, 2.05) is 12.4 Å². The van der Waals surface area contributed by atoms with Crippen LogP contribution in [0.25, 0.3) is 0 Å². The van der Waals surface area contributed by atoms with E-state index in [2.05, 4.69) is 48.3 Å². The number of nitrogens with zero attached hydrogens (tertiary/aromatic N) is 2. The Morgan fingerprint density at radius 1 is 1.35 bits per heavy atom. The summed E-state index contributed by atoms with van der Waals surface area (Å²) in [7, 11) is 0. The third-order valence-corrected chi connectivity index (χ3v) is 4.05. The van der Waals surface area contributed by atoms with Gasteiger partial charge in [0.25, 0.3) is 0 Å². The molecule has 0 aliphatic rings. The molecular weight excluding hydrogens is 268 g/mol. The lowest BCUT2D eigenvalue weighted by Gasteiger charge is -2.18. The van der Waals surface area contributed by atoms with Gasteiger partial charge in [-0.2, -0.15) is 0 Å². The van der Waals surface area contributed by atoms with Crippen molar-refractivity contribution in [1.29, 1.82) is 0 Å². The first-order chi connectivity index (χ1) is 9.52. The number of thiazole rings is 1. The molecule has 1 aromatic heterocycles. The second-order valence-electron chi connectivity index (χ2n) is 5.57. The lowest BCUT2D eigenvalue weighted by Crippen LogP contribution is -2.42. The molecule has 0 fully saturated rings. The lowest BCUT2D eigenvalue weighted by atomic mass is 10.0. The van der Waals surface area contributed by atoms with Crippen molar-refractivity contribution in [3.8, 4) is 0 Å². The monoisotopic (exact) mass is 296 g/mol. The average Bonchev–Trinajstić information content (AvgIpc) is 2.79. The van der Waals surface area contributed by atoms with Crippen LogP contribution in [0.3, 0.4) is 0 Å². The van der Waals surface area contributed by atoms with Crippen LogP contribution in [0.15, 0.2) is 10.5 Å². The van der Waals surface area contributed by atoms with E-state index < -0.39 is 0 Å². The Kier molecular flexibility index (Phi) is 7.59. The minimum atomic E-state index is 0.442.